The van der Waals surface area contributed by atoms with Crippen molar-refractivity contribution >= 4 is 41.3 Å². The standard InChI is InChI=1S/C22H33N3O2S.HI/c1-5-26-11-12-27-16-20-8-6-7-19(14-20)15-24-22(23-4)25-17(2)13-21-10-9-18(3)28-21;/h6-10,14,17H,5,11-13,15-16H2,1-4H3,(H2,23,24,25);1H. The lowest BCUT2D eigenvalue weighted by Gasteiger charge is -2.17. The fraction of sp³-hybridized carbons (Fsp3) is 0.500. The average Bonchev–Trinajstić information content (AvgIpc) is 3.09. The monoisotopic (exact) mass is 531 g/mol. The molecule has 2 aromatic rings. The third-order valence-corrected chi connectivity index (χ3v) is 5.23. The first kappa shape index (κ1) is 25.9. The van der Waals surface area contributed by atoms with Gasteiger partial charge in [-0.05, 0) is 44.0 Å². The molecule has 0 fully saturated rings. The third kappa shape index (κ3) is 10.4. The summed E-state index contributed by atoms with van der Waals surface area (Å²) in [5.74, 6) is 0.819. The second kappa shape index (κ2) is 14.8. The number of thiophene rings is 1. The van der Waals surface area contributed by atoms with E-state index in [1.807, 2.05) is 18.3 Å². The largest absolute Gasteiger partial charge is 0.379 e. The molecule has 1 atom stereocenters. The van der Waals surface area contributed by atoms with Gasteiger partial charge in [-0.2, -0.15) is 0 Å². The van der Waals surface area contributed by atoms with Gasteiger partial charge in [-0.3, -0.25) is 4.99 Å². The van der Waals surface area contributed by atoms with Gasteiger partial charge in [-0.25, -0.2) is 0 Å². The minimum absolute atomic E-state index is 0. The topological polar surface area (TPSA) is 54.9 Å². The van der Waals surface area contributed by atoms with Crippen molar-refractivity contribution in [3.05, 3.63) is 57.3 Å². The molecule has 0 aliphatic rings. The molecule has 0 radical (unpaired) electrons. The fourth-order valence-electron chi connectivity index (χ4n) is 2.84. The van der Waals surface area contributed by atoms with Gasteiger partial charge in [0.25, 0.3) is 0 Å². The maximum absolute atomic E-state index is 5.65. The summed E-state index contributed by atoms with van der Waals surface area (Å²) in [5, 5.41) is 6.87. The predicted octanol–water partition coefficient (Wildman–Crippen LogP) is 4.52. The van der Waals surface area contributed by atoms with Crippen LogP contribution in [0.25, 0.3) is 0 Å². The highest BCUT2D eigenvalue weighted by atomic mass is 127. The Kier molecular flexibility index (Phi) is 13.2. The lowest BCUT2D eigenvalue weighted by molar-refractivity contribution is 0.0453. The molecule has 2 N–H and O–H groups in total. The Morgan fingerprint density at radius 3 is 2.59 bits per heavy atom. The lowest BCUT2D eigenvalue weighted by atomic mass is 10.1. The molecule has 162 valence electrons. The minimum Gasteiger partial charge on any atom is -0.379 e. The third-order valence-electron chi connectivity index (χ3n) is 4.21. The van der Waals surface area contributed by atoms with Crippen LogP contribution in [0.2, 0.25) is 0 Å². The maximum Gasteiger partial charge on any atom is 0.191 e. The Morgan fingerprint density at radius 1 is 1.14 bits per heavy atom. The van der Waals surface area contributed by atoms with Crippen LogP contribution in [-0.4, -0.2) is 38.9 Å². The molecule has 29 heavy (non-hydrogen) atoms. The molecule has 0 spiro atoms. The van der Waals surface area contributed by atoms with Gasteiger partial charge in [-0.15, -0.1) is 35.3 Å². The van der Waals surface area contributed by atoms with Crippen molar-refractivity contribution in [2.75, 3.05) is 26.9 Å². The zero-order valence-corrected chi connectivity index (χ0v) is 21.0. The van der Waals surface area contributed by atoms with Crippen LogP contribution in [0.5, 0.6) is 0 Å². The van der Waals surface area contributed by atoms with Crippen molar-refractivity contribution in [1.29, 1.82) is 0 Å². The van der Waals surface area contributed by atoms with Crippen LogP contribution in [-0.2, 0) is 29.0 Å². The van der Waals surface area contributed by atoms with E-state index in [1.165, 1.54) is 20.9 Å². The zero-order chi connectivity index (χ0) is 20.2. The normalized spacial score (nSPS) is 12.3. The predicted molar refractivity (Wildman–Crippen MR) is 134 cm³/mol. The van der Waals surface area contributed by atoms with Crippen molar-refractivity contribution in [3.8, 4) is 0 Å². The van der Waals surface area contributed by atoms with Crippen LogP contribution in [0, 0.1) is 6.92 Å². The van der Waals surface area contributed by atoms with Gasteiger partial charge in [0.05, 0.1) is 19.8 Å². The molecule has 7 heteroatoms. The van der Waals surface area contributed by atoms with Gasteiger partial charge < -0.3 is 20.1 Å². The highest BCUT2D eigenvalue weighted by molar-refractivity contribution is 14.0. The second-order valence-electron chi connectivity index (χ2n) is 6.76. The van der Waals surface area contributed by atoms with Gasteiger partial charge in [0, 0.05) is 42.4 Å². The molecule has 1 aromatic carbocycles. The first-order valence-corrected chi connectivity index (χ1v) is 10.7. The molecule has 1 aromatic heterocycles. The van der Waals surface area contributed by atoms with Crippen LogP contribution in [0.3, 0.4) is 0 Å². The fourth-order valence-corrected chi connectivity index (χ4v) is 3.86. The van der Waals surface area contributed by atoms with Crippen molar-refractivity contribution < 1.29 is 9.47 Å². The summed E-state index contributed by atoms with van der Waals surface area (Å²) >= 11 is 1.85. The zero-order valence-electron chi connectivity index (χ0n) is 17.9. The molecule has 2 rings (SSSR count). The number of guanidine groups is 1. The first-order chi connectivity index (χ1) is 13.6. The molecule has 0 saturated heterocycles. The number of halogens is 1. The summed E-state index contributed by atoms with van der Waals surface area (Å²) in [6.45, 7) is 9.63. The first-order valence-electron chi connectivity index (χ1n) is 9.86. The molecule has 0 aliphatic heterocycles. The van der Waals surface area contributed by atoms with E-state index in [0.29, 0.717) is 25.9 Å². The number of nitrogens with one attached hydrogen (secondary N) is 2. The van der Waals surface area contributed by atoms with E-state index >= 15 is 0 Å². The van der Waals surface area contributed by atoms with Crippen LogP contribution in [0.4, 0.5) is 0 Å². The molecule has 1 heterocycles. The Balaban J connectivity index is 0.00000420. The van der Waals surface area contributed by atoms with Crippen LogP contribution in [0.15, 0.2) is 41.4 Å². The number of aliphatic imine (C=N–C) groups is 1. The van der Waals surface area contributed by atoms with Crippen molar-refractivity contribution in [1.82, 2.24) is 10.6 Å². The van der Waals surface area contributed by atoms with Crippen molar-refractivity contribution in [2.45, 2.75) is 46.4 Å². The number of nitrogens with zero attached hydrogens (tertiary/aromatic N) is 1. The SMILES string of the molecule is CCOCCOCc1cccc(CNC(=NC)NC(C)Cc2ccc(C)s2)c1.I. The van der Waals surface area contributed by atoms with Crippen LogP contribution < -0.4 is 10.6 Å². The number of ether oxygens (including phenoxy) is 2. The van der Waals surface area contributed by atoms with Gasteiger partial charge in [0.15, 0.2) is 5.96 Å². The van der Waals surface area contributed by atoms with E-state index in [-0.39, 0.29) is 24.0 Å². The number of benzene rings is 1. The van der Waals surface area contributed by atoms with Gasteiger partial charge in [0.2, 0.25) is 0 Å². The quantitative estimate of drug-likeness (QED) is 0.194. The van der Waals surface area contributed by atoms with Gasteiger partial charge >= 0.3 is 0 Å². The number of aryl methyl sites for hydroxylation is 1. The summed E-state index contributed by atoms with van der Waals surface area (Å²) < 4.78 is 10.9. The highest BCUT2D eigenvalue weighted by Gasteiger charge is 2.08. The Labute approximate surface area is 196 Å². The van der Waals surface area contributed by atoms with E-state index < -0.39 is 0 Å². The van der Waals surface area contributed by atoms with Crippen LogP contribution in [0.1, 0.15) is 34.7 Å². The Bertz CT molecular complexity index is 736. The minimum atomic E-state index is 0. The smallest absolute Gasteiger partial charge is 0.191 e. The molecule has 1 unspecified atom stereocenters. The summed E-state index contributed by atoms with van der Waals surface area (Å²) in [5.41, 5.74) is 2.37. The molecular weight excluding hydrogens is 497 g/mol. The Hall–Kier alpha value is -1.16. The highest BCUT2D eigenvalue weighted by Crippen LogP contribution is 2.16. The molecule has 0 bridgehead atoms. The summed E-state index contributed by atoms with van der Waals surface area (Å²) in [6, 6.07) is 13.1. The summed E-state index contributed by atoms with van der Waals surface area (Å²) in [4.78, 5) is 7.10. The van der Waals surface area contributed by atoms with E-state index in [0.717, 1.165) is 25.5 Å². The van der Waals surface area contributed by atoms with Gasteiger partial charge in [-0.1, -0.05) is 24.3 Å². The summed E-state index contributed by atoms with van der Waals surface area (Å²) in [7, 11) is 1.81. The van der Waals surface area contributed by atoms with Crippen molar-refractivity contribution in [3.63, 3.8) is 0 Å². The average molecular weight is 532 g/mol. The Morgan fingerprint density at radius 2 is 1.90 bits per heavy atom. The molecule has 5 nitrogen and oxygen atoms in total. The number of hydrogen-bond donors (Lipinski definition) is 2. The molecule has 0 amide bonds. The van der Waals surface area contributed by atoms with E-state index in [2.05, 4.69) is 65.9 Å². The lowest BCUT2D eigenvalue weighted by Crippen LogP contribution is -2.42. The maximum atomic E-state index is 5.65. The van der Waals surface area contributed by atoms with Gasteiger partial charge in [0.1, 0.15) is 0 Å². The van der Waals surface area contributed by atoms with Crippen molar-refractivity contribution in [2.24, 2.45) is 4.99 Å². The van der Waals surface area contributed by atoms with E-state index in [1.54, 1.807) is 7.05 Å². The number of hydrogen-bond acceptors (Lipinski definition) is 4. The second-order valence-corrected chi connectivity index (χ2v) is 8.13. The number of rotatable bonds is 11. The molecule has 0 saturated carbocycles. The molecule has 0 aliphatic carbocycles. The summed E-state index contributed by atoms with van der Waals surface area (Å²) in [6.07, 6.45) is 0.994. The molecular formula is C22H34IN3O2S. The van der Waals surface area contributed by atoms with E-state index in [4.69, 9.17) is 9.47 Å². The van der Waals surface area contributed by atoms with Crippen LogP contribution >= 0.6 is 35.3 Å². The van der Waals surface area contributed by atoms with E-state index in [9.17, 15) is 0 Å².